The van der Waals surface area contributed by atoms with Crippen molar-refractivity contribution in [3.8, 4) is 11.1 Å². The van der Waals surface area contributed by atoms with Crippen LogP contribution >= 0.6 is 0 Å². The summed E-state index contributed by atoms with van der Waals surface area (Å²) < 4.78 is 117. The van der Waals surface area contributed by atoms with Gasteiger partial charge in [-0.2, -0.15) is 39.5 Å². The van der Waals surface area contributed by atoms with Crippen LogP contribution in [-0.2, 0) is 5.92 Å². The first-order valence-corrected chi connectivity index (χ1v) is 7.29. The van der Waals surface area contributed by atoms with E-state index >= 15 is 0 Å². The van der Waals surface area contributed by atoms with Crippen LogP contribution in [0.25, 0.3) is 17.2 Å². The molecule has 0 spiro atoms. The van der Waals surface area contributed by atoms with Crippen molar-refractivity contribution in [1.82, 2.24) is 0 Å². The third kappa shape index (κ3) is 3.42. The standard InChI is InChI=1S/C18H11F9/c1-2-11-3-5-12(6-4-11)13-7-9-14(10-8-13)15(19,20)16(21,22)17(23,24)18(25,26)27/h2-10H,1H2. The monoisotopic (exact) mass is 398 g/mol. The zero-order valence-corrected chi connectivity index (χ0v) is 13.3. The molecule has 0 unspecified atom stereocenters. The van der Waals surface area contributed by atoms with Gasteiger partial charge >= 0.3 is 23.9 Å². The first kappa shape index (κ1) is 20.9. The summed E-state index contributed by atoms with van der Waals surface area (Å²) in [6.07, 6.45) is -5.30. The van der Waals surface area contributed by atoms with Crippen molar-refractivity contribution in [2.75, 3.05) is 0 Å². The molecule has 0 atom stereocenters. The molecule has 2 aromatic carbocycles. The first-order chi connectivity index (χ1) is 12.3. The van der Waals surface area contributed by atoms with Crippen LogP contribution in [0.3, 0.4) is 0 Å². The Labute approximate surface area is 147 Å². The molecule has 0 aliphatic heterocycles. The number of rotatable bonds is 5. The van der Waals surface area contributed by atoms with Crippen molar-refractivity contribution in [3.05, 3.63) is 66.2 Å². The fourth-order valence-electron chi connectivity index (χ4n) is 2.24. The molecule has 0 heterocycles. The molecule has 0 radical (unpaired) electrons. The maximum absolute atomic E-state index is 13.9. The highest BCUT2D eigenvalue weighted by Crippen LogP contribution is 2.56. The van der Waals surface area contributed by atoms with E-state index in [-0.39, 0.29) is 5.56 Å². The number of benzene rings is 2. The molecule has 2 aromatic rings. The average Bonchev–Trinajstić information content (AvgIpc) is 2.60. The lowest BCUT2D eigenvalue weighted by Crippen LogP contribution is -2.59. The number of alkyl halides is 9. The average molecular weight is 398 g/mol. The predicted octanol–water partition coefficient (Wildman–Crippen LogP) is 6.92. The van der Waals surface area contributed by atoms with E-state index < -0.39 is 29.5 Å². The summed E-state index contributed by atoms with van der Waals surface area (Å²) in [5, 5.41) is 0. The van der Waals surface area contributed by atoms with Gasteiger partial charge in [0.05, 0.1) is 0 Å². The van der Waals surface area contributed by atoms with Gasteiger partial charge in [0.15, 0.2) is 0 Å². The van der Waals surface area contributed by atoms with E-state index in [0.717, 1.165) is 17.7 Å². The minimum absolute atomic E-state index is 0.274. The third-order valence-corrected chi connectivity index (χ3v) is 3.87. The van der Waals surface area contributed by atoms with Crippen LogP contribution in [-0.4, -0.2) is 18.0 Å². The molecule has 2 rings (SSSR count). The van der Waals surface area contributed by atoms with Gasteiger partial charge in [0, 0.05) is 5.56 Å². The van der Waals surface area contributed by atoms with E-state index in [9.17, 15) is 39.5 Å². The van der Waals surface area contributed by atoms with Gasteiger partial charge in [-0.3, -0.25) is 0 Å². The molecule has 0 aliphatic rings. The summed E-state index contributed by atoms with van der Waals surface area (Å²) >= 11 is 0. The molecule has 27 heavy (non-hydrogen) atoms. The lowest BCUT2D eigenvalue weighted by atomic mass is 9.94. The van der Waals surface area contributed by atoms with Crippen LogP contribution in [0, 0.1) is 0 Å². The molecule has 0 N–H and O–H groups in total. The Bertz CT molecular complexity index is 800. The van der Waals surface area contributed by atoms with E-state index in [2.05, 4.69) is 6.58 Å². The summed E-state index contributed by atoms with van der Waals surface area (Å²) in [6, 6.07) is 9.01. The molecule has 0 fully saturated rings. The second-order valence-corrected chi connectivity index (χ2v) is 5.62. The zero-order chi connectivity index (χ0) is 20.7. The second kappa shape index (κ2) is 6.61. The SMILES string of the molecule is C=Cc1ccc(-c2ccc(C(F)(F)C(F)(F)C(F)(F)C(F)(F)F)cc2)cc1. The van der Waals surface area contributed by atoms with Crippen molar-refractivity contribution in [2.24, 2.45) is 0 Å². The summed E-state index contributed by atoms with van der Waals surface area (Å²) in [6.45, 7) is 3.54. The van der Waals surface area contributed by atoms with E-state index in [4.69, 9.17) is 0 Å². The van der Waals surface area contributed by atoms with E-state index in [0.29, 0.717) is 17.7 Å². The first-order valence-electron chi connectivity index (χ1n) is 7.29. The van der Waals surface area contributed by atoms with E-state index in [1.807, 2.05) is 0 Å². The van der Waals surface area contributed by atoms with Gasteiger partial charge in [-0.05, 0) is 16.7 Å². The molecule has 0 aromatic heterocycles. The molecule has 0 bridgehead atoms. The Kier molecular flexibility index (Phi) is 5.11. The normalized spacial score (nSPS) is 13.5. The predicted molar refractivity (Wildman–Crippen MR) is 81.8 cm³/mol. The molecule has 146 valence electrons. The van der Waals surface area contributed by atoms with Gasteiger partial charge in [0.2, 0.25) is 0 Å². The Morgan fingerprint density at radius 3 is 1.37 bits per heavy atom. The number of halogens is 9. The van der Waals surface area contributed by atoms with Gasteiger partial charge in [0.25, 0.3) is 0 Å². The molecule has 0 saturated heterocycles. The van der Waals surface area contributed by atoms with Gasteiger partial charge in [0.1, 0.15) is 0 Å². The highest BCUT2D eigenvalue weighted by Gasteiger charge is 2.81. The number of hydrogen-bond acceptors (Lipinski definition) is 0. The lowest BCUT2D eigenvalue weighted by molar-refractivity contribution is -0.399. The highest BCUT2D eigenvalue weighted by atomic mass is 19.4. The molecule has 0 aliphatic carbocycles. The van der Waals surface area contributed by atoms with Crippen molar-refractivity contribution in [1.29, 1.82) is 0 Å². The van der Waals surface area contributed by atoms with Crippen LogP contribution in [0.15, 0.2) is 55.1 Å². The molecular formula is C18H11F9. The summed E-state index contributed by atoms with van der Waals surface area (Å²) in [4.78, 5) is 0. The lowest BCUT2D eigenvalue weighted by Gasteiger charge is -2.33. The Morgan fingerprint density at radius 2 is 1.00 bits per heavy atom. The van der Waals surface area contributed by atoms with E-state index in [1.165, 1.54) is 6.08 Å². The summed E-state index contributed by atoms with van der Waals surface area (Å²) in [5.41, 5.74) is -0.155. The van der Waals surface area contributed by atoms with Gasteiger partial charge in [-0.15, -0.1) is 0 Å². The maximum Gasteiger partial charge on any atom is 0.460 e. The van der Waals surface area contributed by atoms with Crippen molar-refractivity contribution < 1.29 is 39.5 Å². The van der Waals surface area contributed by atoms with Crippen molar-refractivity contribution in [3.63, 3.8) is 0 Å². The van der Waals surface area contributed by atoms with Crippen molar-refractivity contribution in [2.45, 2.75) is 23.9 Å². The van der Waals surface area contributed by atoms with Crippen molar-refractivity contribution >= 4 is 6.08 Å². The summed E-state index contributed by atoms with van der Waals surface area (Å²) in [5.74, 6) is -19.3. The Balaban J connectivity index is 2.40. The van der Waals surface area contributed by atoms with Crippen LogP contribution in [0.5, 0.6) is 0 Å². The smallest absolute Gasteiger partial charge is 0.194 e. The van der Waals surface area contributed by atoms with Crippen LogP contribution in [0.1, 0.15) is 11.1 Å². The Hall–Kier alpha value is -2.45. The molecule has 0 nitrogen and oxygen atoms in total. The molecule has 0 saturated carbocycles. The highest BCUT2D eigenvalue weighted by molar-refractivity contribution is 5.65. The largest absolute Gasteiger partial charge is 0.460 e. The van der Waals surface area contributed by atoms with Gasteiger partial charge in [-0.25, -0.2) is 0 Å². The quantitative estimate of drug-likeness (QED) is 0.480. The fourth-order valence-corrected chi connectivity index (χ4v) is 2.24. The van der Waals surface area contributed by atoms with Crippen LogP contribution < -0.4 is 0 Å². The van der Waals surface area contributed by atoms with Crippen LogP contribution in [0.2, 0.25) is 0 Å². The molecular weight excluding hydrogens is 387 g/mol. The fraction of sp³-hybridized carbons (Fsp3) is 0.222. The minimum Gasteiger partial charge on any atom is -0.194 e. The van der Waals surface area contributed by atoms with Crippen LogP contribution in [0.4, 0.5) is 39.5 Å². The van der Waals surface area contributed by atoms with Gasteiger partial charge < -0.3 is 0 Å². The molecule has 9 heteroatoms. The maximum atomic E-state index is 13.9. The van der Waals surface area contributed by atoms with Gasteiger partial charge in [-0.1, -0.05) is 61.2 Å². The third-order valence-electron chi connectivity index (χ3n) is 3.87. The minimum atomic E-state index is -6.91. The topological polar surface area (TPSA) is 0 Å². The van der Waals surface area contributed by atoms with E-state index in [1.54, 1.807) is 24.3 Å². The second-order valence-electron chi connectivity index (χ2n) is 5.62. The molecule has 0 amide bonds. The number of hydrogen-bond donors (Lipinski definition) is 0. The zero-order valence-electron chi connectivity index (χ0n) is 13.3. The summed E-state index contributed by atoms with van der Waals surface area (Å²) in [7, 11) is 0. The Morgan fingerprint density at radius 1 is 0.593 bits per heavy atom.